The number of hydrogen-bond donors (Lipinski definition) is 2. The van der Waals surface area contributed by atoms with Gasteiger partial charge in [0, 0.05) is 23.0 Å². The Bertz CT molecular complexity index is 917. The van der Waals surface area contributed by atoms with Crippen LogP contribution in [-0.2, 0) is 4.79 Å². The van der Waals surface area contributed by atoms with E-state index in [1.807, 2.05) is 32.0 Å². The van der Waals surface area contributed by atoms with Crippen molar-refractivity contribution in [1.29, 1.82) is 0 Å². The van der Waals surface area contributed by atoms with Crippen molar-refractivity contribution in [2.75, 3.05) is 17.2 Å². The smallest absolute Gasteiger partial charge is 0.284 e. The predicted molar refractivity (Wildman–Crippen MR) is 107 cm³/mol. The molecule has 0 aliphatic rings. The summed E-state index contributed by atoms with van der Waals surface area (Å²) in [5.74, 6) is 0.217. The highest BCUT2D eigenvalue weighted by Crippen LogP contribution is 2.22. The van der Waals surface area contributed by atoms with Crippen LogP contribution in [0, 0.1) is 13.8 Å². The van der Waals surface area contributed by atoms with Crippen LogP contribution in [0.15, 0.2) is 54.0 Å². The number of thiazole rings is 1. The monoisotopic (exact) mass is 381 g/mol. The molecule has 0 aliphatic carbocycles. The summed E-state index contributed by atoms with van der Waals surface area (Å²) in [5.41, 5.74) is 3.23. The number of ether oxygens (including phenoxy) is 1. The standard InChI is InChI=1S/C20H19N3O3S/c1-13-4-3-5-14(2)18(13)26-12-17(24)22-15-6-8-16(9-7-15)23-19(25)20-21-10-11-27-20/h3-11H,12H2,1-2H3,(H,22,24)(H,23,25). The first-order valence-corrected chi connectivity index (χ1v) is 9.20. The summed E-state index contributed by atoms with van der Waals surface area (Å²) in [6.07, 6.45) is 1.58. The molecule has 2 amide bonds. The lowest BCUT2D eigenvalue weighted by molar-refractivity contribution is -0.118. The van der Waals surface area contributed by atoms with E-state index in [0.717, 1.165) is 16.9 Å². The molecule has 7 heteroatoms. The second kappa shape index (κ2) is 8.46. The Kier molecular flexibility index (Phi) is 5.83. The Morgan fingerprint density at radius 3 is 2.22 bits per heavy atom. The number of anilines is 2. The number of aromatic nitrogens is 1. The maximum Gasteiger partial charge on any atom is 0.284 e. The normalized spacial score (nSPS) is 10.3. The third-order valence-corrected chi connectivity index (χ3v) is 4.58. The molecule has 6 nitrogen and oxygen atoms in total. The second-order valence-electron chi connectivity index (χ2n) is 5.93. The predicted octanol–water partition coefficient (Wildman–Crippen LogP) is 4.03. The van der Waals surface area contributed by atoms with Gasteiger partial charge in [0.1, 0.15) is 5.75 Å². The zero-order valence-electron chi connectivity index (χ0n) is 15.0. The summed E-state index contributed by atoms with van der Waals surface area (Å²) in [7, 11) is 0. The molecule has 1 aromatic heterocycles. The molecule has 0 bridgehead atoms. The van der Waals surface area contributed by atoms with Crippen LogP contribution in [0.25, 0.3) is 0 Å². The van der Waals surface area contributed by atoms with Crippen LogP contribution in [0.3, 0.4) is 0 Å². The topological polar surface area (TPSA) is 80.3 Å². The van der Waals surface area contributed by atoms with Crippen LogP contribution < -0.4 is 15.4 Å². The van der Waals surface area contributed by atoms with Gasteiger partial charge in [0.15, 0.2) is 11.6 Å². The lowest BCUT2D eigenvalue weighted by Gasteiger charge is -2.12. The van der Waals surface area contributed by atoms with Crippen molar-refractivity contribution < 1.29 is 14.3 Å². The number of benzene rings is 2. The second-order valence-corrected chi connectivity index (χ2v) is 6.82. The Morgan fingerprint density at radius 1 is 1.00 bits per heavy atom. The summed E-state index contributed by atoms with van der Waals surface area (Å²) in [6.45, 7) is 3.81. The van der Waals surface area contributed by atoms with Crippen LogP contribution in [0.4, 0.5) is 11.4 Å². The van der Waals surface area contributed by atoms with Crippen molar-refractivity contribution in [3.05, 3.63) is 70.2 Å². The summed E-state index contributed by atoms with van der Waals surface area (Å²) < 4.78 is 5.64. The van der Waals surface area contributed by atoms with Gasteiger partial charge in [0.25, 0.3) is 11.8 Å². The summed E-state index contributed by atoms with van der Waals surface area (Å²) in [4.78, 5) is 28.0. The van der Waals surface area contributed by atoms with E-state index in [1.165, 1.54) is 11.3 Å². The first-order chi connectivity index (χ1) is 13.0. The quantitative estimate of drug-likeness (QED) is 0.676. The SMILES string of the molecule is Cc1cccc(C)c1OCC(=O)Nc1ccc(NC(=O)c2nccs2)cc1. The van der Waals surface area contributed by atoms with Crippen LogP contribution in [0.5, 0.6) is 5.75 Å². The van der Waals surface area contributed by atoms with E-state index in [2.05, 4.69) is 15.6 Å². The van der Waals surface area contributed by atoms with Crippen molar-refractivity contribution in [3.63, 3.8) is 0 Å². The molecule has 3 aromatic rings. The summed E-state index contributed by atoms with van der Waals surface area (Å²) >= 11 is 1.27. The van der Waals surface area contributed by atoms with Gasteiger partial charge < -0.3 is 15.4 Å². The van der Waals surface area contributed by atoms with Gasteiger partial charge in [-0.3, -0.25) is 9.59 Å². The van der Waals surface area contributed by atoms with Gasteiger partial charge in [0.2, 0.25) is 0 Å². The largest absolute Gasteiger partial charge is 0.483 e. The number of para-hydroxylation sites is 1. The number of nitrogens with zero attached hydrogens (tertiary/aromatic N) is 1. The first kappa shape index (κ1) is 18.6. The van der Waals surface area contributed by atoms with E-state index in [0.29, 0.717) is 16.4 Å². The van der Waals surface area contributed by atoms with Crippen molar-refractivity contribution in [2.24, 2.45) is 0 Å². The van der Waals surface area contributed by atoms with Gasteiger partial charge in [-0.1, -0.05) is 18.2 Å². The third kappa shape index (κ3) is 4.92. The highest BCUT2D eigenvalue weighted by Gasteiger charge is 2.10. The van der Waals surface area contributed by atoms with E-state index < -0.39 is 0 Å². The molecule has 0 aliphatic heterocycles. The fourth-order valence-electron chi connectivity index (χ4n) is 2.52. The number of rotatable bonds is 6. The highest BCUT2D eigenvalue weighted by molar-refractivity contribution is 7.11. The minimum Gasteiger partial charge on any atom is -0.483 e. The van der Waals surface area contributed by atoms with Crippen molar-refractivity contribution in [1.82, 2.24) is 4.98 Å². The Hall–Kier alpha value is -3.19. The number of carbonyl (C=O) groups is 2. The molecule has 0 atom stereocenters. The van der Waals surface area contributed by atoms with Gasteiger partial charge in [-0.25, -0.2) is 4.98 Å². The molecule has 2 N–H and O–H groups in total. The third-order valence-electron chi connectivity index (χ3n) is 3.81. The number of carbonyl (C=O) groups excluding carboxylic acids is 2. The zero-order chi connectivity index (χ0) is 19.2. The van der Waals surface area contributed by atoms with E-state index in [-0.39, 0.29) is 18.4 Å². The molecule has 138 valence electrons. The van der Waals surface area contributed by atoms with E-state index in [9.17, 15) is 9.59 Å². The minimum absolute atomic E-state index is 0.0752. The fourth-order valence-corrected chi connectivity index (χ4v) is 3.05. The molecule has 0 unspecified atom stereocenters. The zero-order valence-corrected chi connectivity index (χ0v) is 15.8. The fraction of sp³-hybridized carbons (Fsp3) is 0.150. The lowest BCUT2D eigenvalue weighted by atomic mass is 10.1. The van der Waals surface area contributed by atoms with Gasteiger partial charge in [-0.2, -0.15) is 0 Å². The molecular weight excluding hydrogens is 362 g/mol. The van der Waals surface area contributed by atoms with Crippen molar-refractivity contribution in [3.8, 4) is 5.75 Å². The number of amides is 2. The minimum atomic E-state index is -0.260. The molecule has 0 saturated heterocycles. The Morgan fingerprint density at radius 2 is 1.63 bits per heavy atom. The number of nitrogens with one attached hydrogen (secondary N) is 2. The van der Waals surface area contributed by atoms with Crippen LogP contribution in [0.2, 0.25) is 0 Å². The summed E-state index contributed by atoms with van der Waals surface area (Å²) in [5, 5.41) is 7.67. The van der Waals surface area contributed by atoms with Gasteiger partial charge >= 0.3 is 0 Å². The van der Waals surface area contributed by atoms with Crippen LogP contribution in [-0.4, -0.2) is 23.4 Å². The Labute approximate surface area is 161 Å². The highest BCUT2D eigenvalue weighted by atomic mass is 32.1. The number of hydrogen-bond acceptors (Lipinski definition) is 5. The average Bonchev–Trinajstić information content (AvgIpc) is 3.18. The average molecular weight is 381 g/mol. The van der Waals surface area contributed by atoms with Gasteiger partial charge in [0.05, 0.1) is 0 Å². The molecule has 0 saturated carbocycles. The van der Waals surface area contributed by atoms with Crippen LogP contribution >= 0.6 is 11.3 Å². The molecule has 0 fully saturated rings. The maximum atomic E-state index is 12.1. The molecule has 3 rings (SSSR count). The molecule has 2 aromatic carbocycles. The molecule has 27 heavy (non-hydrogen) atoms. The lowest BCUT2D eigenvalue weighted by Crippen LogP contribution is -2.20. The molecule has 0 spiro atoms. The van der Waals surface area contributed by atoms with Crippen LogP contribution in [0.1, 0.15) is 20.9 Å². The van der Waals surface area contributed by atoms with Gasteiger partial charge in [-0.05, 0) is 49.2 Å². The maximum absolute atomic E-state index is 12.1. The molecular formula is C20H19N3O3S. The molecule has 1 heterocycles. The molecule has 0 radical (unpaired) electrons. The Balaban J connectivity index is 1.53. The van der Waals surface area contributed by atoms with Crippen molar-refractivity contribution >= 4 is 34.5 Å². The van der Waals surface area contributed by atoms with Crippen molar-refractivity contribution in [2.45, 2.75) is 13.8 Å². The summed E-state index contributed by atoms with van der Waals surface area (Å²) in [6, 6.07) is 12.7. The first-order valence-electron chi connectivity index (χ1n) is 8.32. The number of aryl methyl sites for hydroxylation is 2. The van der Waals surface area contributed by atoms with E-state index >= 15 is 0 Å². The van der Waals surface area contributed by atoms with Gasteiger partial charge in [-0.15, -0.1) is 11.3 Å². The van der Waals surface area contributed by atoms with E-state index in [4.69, 9.17) is 4.74 Å². The van der Waals surface area contributed by atoms with E-state index in [1.54, 1.807) is 35.8 Å².